The smallest absolute Gasteiger partial charge is 0.330 e. The highest BCUT2D eigenvalue weighted by atomic mass is 16.2. The molecule has 0 spiro atoms. The van der Waals surface area contributed by atoms with E-state index in [9.17, 15) is 19.2 Å². The zero-order valence-corrected chi connectivity index (χ0v) is 16.4. The van der Waals surface area contributed by atoms with Crippen LogP contribution in [-0.2, 0) is 4.79 Å². The van der Waals surface area contributed by atoms with Gasteiger partial charge in [-0.15, -0.1) is 0 Å². The number of amides is 1. The standard InChI is InChI=1S/C22H22N4O4/c27-18(15-5-2-1-3-6-15)8-9-19(28)25-13-10-16(11-14-25)26-21(29)17-7-4-12-23-20(17)24-22(26)30/h1-7,12,16H,8-11,13-14H2,(H,23,24,30). The van der Waals surface area contributed by atoms with Crippen LogP contribution in [-0.4, -0.2) is 44.2 Å². The topological polar surface area (TPSA) is 105 Å². The van der Waals surface area contributed by atoms with E-state index in [1.807, 2.05) is 6.07 Å². The molecule has 2 aromatic heterocycles. The highest BCUT2D eigenvalue weighted by molar-refractivity contribution is 5.97. The number of ketones is 1. The molecular weight excluding hydrogens is 384 g/mol. The number of aromatic amines is 1. The molecule has 0 saturated carbocycles. The molecule has 0 bridgehead atoms. The molecule has 1 fully saturated rings. The fourth-order valence-electron chi connectivity index (χ4n) is 3.91. The third kappa shape index (κ3) is 3.94. The van der Waals surface area contributed by atoms with E-state index in [0.29, 0.717) is 36.9 Å². The summed E-state index contributed by atoms with van der Waals surface area (Å²) in [6, 6.07) is 11.9. The lowest BCUT2D eigenvalue weighted by Gasteiger charge is -2.32. The first-order valence-electron chi connectivity index (χ1n) is 10.00. The number of carbonyl (C=O) groups is 2. The molecule has 3 heterocycles. The summed E-state index contributed by atoms with van der Waals surface area (Å²) in [4.78, 5) is 58.3. The van der Waals surface area contributed by atoms with Gasteiger partial charge >= 0.3 is 5.69 Å². The number of carbonyl (C=O) groups excluding carboxylic acids is 2. The first-order chi connectivity index (χ1) is 14.5. The van der Waals surface area contributed by atoms with Crippen LogP contribution >= 0.6 is 0 Å². The third-order valence-electron chi connectivity index (χ3n) is 5.55. The van der Waals surface area contributed by atoms with Crippen molar-refractivity contribution >= 4 is 22.7 Å². The van der Waals surface area contributed by atoms with Crippen LogP contribution in [0.5, 0.6) is 0 Å². The Kier molecular flexibility index (Phi) is 5.56. The predicted molar refractivity (Wildman–Crippen MR) is 111 cm³/mol. The van der Waals surface area contributed by atoms with Crippen molar-refractivity contribution in [2.75, 3.05) is 13.1 Å². The number of nitrogens with one attached hydrogen (secondary N) is 1. The fourth-order valence-corrected chi connectivity index (χ4v) is 3.91. The van der Waals surface area contributed by atoms with Crippen molar-refractivity contribution in [2.45, 2.75) is 31.7 Å². The Balaban J connectivity index is 1.39. The molecule has 30 heavy (non-hydrogen) atoms. The second-order valence-corrected chi connectivity index (χ2v) is 7.41. The Hall–Kier alpha value is -3.55. The average Bonchev–Trinajstić information content (AvgIpc) is 2.78. The van der Waals surface area contributed by atoms with E-state index in [0.717, 1.165) is 0 Å². The summed E-state index contributed by atoms with van der Waals surface area (Å²) in [5.41, 5.74) is 0.0392. The lowest BCUT2D eigenvalue weighted by molar-refractivity contribution is -0.132. The monoisotopic (exact) mass is 406 g/mol. The van der Waals surface area contributed by atoms with Crippen LogP contribution in [0, 0.1) is 0 Å². The van der Waals surface area contributed by atoms with Gasteiger partial charge in [-0.2, -0.15) is 0 Å². The average molecular weight is 406 g/mol. The summed E-state index contributed by atoms with van der Waals surface area (Å²) >= 11 is 0. The number of likely N-dealkylation sites (tertiary alicyclic amines) is 1. The minimum atomic E-state index is -0.482. The van der Waals surface area contributed by atoms with E-state index in [2.05, 4.69) is 9.97 Å². The van der Waals surface area contributed by atoms with Crippen molar-refractivity contribution in [3.63, 3.8) is 0 Å². The van der Waals surface area contributed by atoms with Gasteiger partial charge in [0, 0.05) is 43.7 Å². The zero-order valence-electron chi connectivity index (χ0n) is 16.4. The van der Waals surface area contributed by atoms with Gasteiger partial charge in [-0.05, 0) is 25.0 Å². The van der Waals surface area contributed by atoms with Crippen molar-refractivity contribution in [1.82, 2.24) is 19.4 Å². The van der Waals surface area contributed by atoms with Crippen LogP contribution in [0.15, 0.2) is 58.3 Å². The largest absolute Gasteiger partial charge is 0.343 e. The highest BCUT2D eigenvalue weighted by Gasteiger charge is 2.26. The Bertz CT molecular complexity index is 1190. The number of pyridine rings is 1. The minimum Gasteiger partial charge on any atom is -0.343 e. The van der Waals surface area contributed by atoms with Gasteiger partial charge in [-0.1, -0.05) is 30.3 Å². The Labute approximate surface area is 172 Å². The Morgan fingerprint density at radius 1 is 1.00 bits per heavy atom. The molecule has 0 atom stereocenters. The van der Waals surface area contributed by atoms with Crippen LogP contribution in [0.25, 0.3) is 11.0 Å². The molecule has 154 valence electrons. The molecule has 1 amide bonds. The number of hydrogen-bond donors (Lipinski definition) is 1. The summed E-state index contributed by atoms with van der Waals surface area (Å²) < 4.78 is 1.24. The normalized spacial score (nSPS) is 14.7. The maximum Gasteiger partial charge on any atom is 0.330 e. The number of Topliss-reactive ketones (excluding diaryl/α,β-unsaturated/α-hetero) is 1. The first kappa shape index (κ1) is 19.8. The maximum atomic E-state index is 12.8. The van der Waals surface area contributed by atoms with Crippen LogP contribution in [0.3, 0.4) is 0 Å². The Morgan fingerprint density at radius 3 is 2.47 bits per heavy atom. The van der Waals surface area contributed by atoms with Gasteiger partial charge in [-0.3, -0.25) is 23.9 Å². The third-order valence-corrected chi connectivity index (χ3v) is 5.55. The molecule has 3 aromatic rings. The van der Waals surface area contributed by atoms with Gasteiger partial charge in [-0.25, -0.2) is 9.78 Å². The van der Waals surface area contributed by atoms with Crippen molar-refractivity contribution in [3.05, 3.63) is 75.1 Å². The number of H-pyrrole nitrogens is 1. The van der Waals surface area contributed by atoms with Gasteiger partial charge < -0.3 is 4.90 Å². The molecule has 8 nitrogen and oxygen atoms in total. The number of benzene rings is 1. The van der Waals surface area contributed by atoms with Gasteiger partial charge in [0.05, 0.1) is 5.39 Å². The predicted octanol–water partition coefficient (Wildman–Crippen LogP) is 1.91. The van der Waals surface area contributed by atoms with E-state index in [1.54, 1.807) is 41.3 Å². The zero-order chi connectivity index (χ0) is 21.1. The second kappa shape index (κ2) is 8.44. The van der Waals surface area contributed by atoms with Crippen molar-refractivity contribution in [1.29, 1.82) is 0 Å². The molecule has 1 aliphatic rings. The van der Waals surface area contributed by atoms with Crippen LogP contribution < -0.4 is 11.2 Å². The van der Waals surface area contributed by atoms with Gasteiger partial charge in [0.25, 0.3) is 5.56 Å². The first-order valence-corrected chi connectivity index (χ1v) is 10.00. The SMILES string of the molecule is O=C(CCC(=O)N1CCC(n2c(=O)[nH]c3ncccc3c2=O)CC1)c1ccccc1. The number of fused-ring (bicyclic) bond motifs is 1. The molecule has 0 aliphatic carbocycles. The fraction of sp³-hybridized carbons (Fsp3) is 0.318. The minimum absolute atomic E-state index is 0.0540. The highest BCUT2D eigenvalue weighted by Crippen LogP contribution is 2.21. The molecule has 8 heteroatoms. The molecular formula is C22H22N4O4. The van der Waals surface area contributed by atoms with E-state index in [-0.39, 0.29) is 41.8 Å². The molecule has 1 N–H and O–H groups in total. The number of rotatable bonds is 5. The van der Waals surface area contributed by atoms with E-state index >= 15 is 0 Å². The quantitative estimate of drug-likeness (QED) is 0.652. The second-order valence-electron chi connectivity index (χ2n) is 7.41. The van der Waals surface area contributed by atoms with Crippen LogP contribution in [0.4, 0.5) is 0 Å². The summed E-state index contributed by atoms with van der Waals surface area (Å²) in [6.45, 7) is 0.889. The van der Waals surface area contributed by atoms with E-state index in [1.165, 1.54) is 10.8 Å². The van der Waals surface area contributed by atoms with Gasteiger partial charge in [0.15, 0.2) is 5.78 Å². The molecule has 4 rings (SSSR count). The molecule has 1 saturated heterocycles. The number of piperidine rings is 1. The number of nitrogens with zero attached hydrogens (tertiary/aromatic N) is 3. The maximum absolute atomic E-state index is 12.8. The summed E-state index contributed by atoms with van der Waals surface area (Å²) in [6.07, 6.45) is 2.86. The van der Waals surface area contributed by atoms with Crippen LogP contribution in [0.1, 0.15) is 42.1 Å². The van der Waals surface area contributed by atoms with Crippen molar-refractivity contribution in [3.8, 4) is 0 Å². The molecule has 1 aromatic carbocycles. The summed E-state index contributed by atoms with van der Waals surface area (Å²) in [5, 5.41) is 0.370. The number of hydrogen-bond acceptors (Lipinski definition) is 5. The van der Waals surface area contributed by atoms with E-state index < -0.39 is 5.69 Å². The molecule has 1 aliphatic heterocycles. The molecule has 0 unspecified atom stereocenters. The number of aromatic nitrogens is 3. The lowest BCUT2D eigenvalue weighted by atomic mass is 10.0. The van der Waals surface area contributed by atoms with Crippen molar-refractivity contribution < 1.29 is 9.59 Å². The summed E-state index contributed by atoms with van der Waals surface area (Å²) in [7, 11) is 0. The van der Waals surface area contributed by atoms with E-state index in [4.69, 9.17) is 0 Å². The summed E-state index contributed by atoms with van der Waals surface area (Å²) in [5.74, 6) is -0.136. The van der Waals surface area contributed by atoms with Crippen LogP contribution in [0.2, 0.25) is 0 Å². The van der Waals surface area contributed by atoms with Gasteiger partial charge in [0.1, 0.15) is 5.65 Å². The van der Waals surface area contributed by atoms with Gasteiger partial charge in [0.2, 0.25) is 5.91 Å². The molecule has 0 radical (unpaired) electrons. The van der Waals surface area contributed by atoms with Crippen molar-refractivity contribution in [2.24, 2.45) is 0 Å². The Morgan fingerprint density at radius 2 is 1.73 bits per heavy atom. The lowest BCUT2D eigenvalue weighted by Crippen LogP contribution is -2.45.